The van der Waals surface area contributed by atoms with Crippen LogP contribution in [0.15, 0.2) is 218 Å². The normalized spacial score (nSPS) is 11.0. The van der Waals surface area contributed by atoms with Gasteiger partial charge in [0.25, 0.3) is 0 Å². The van der Waals surface area contributed by atoms with E-state index in [9.17, 15) is 10.5 Å². The average Bonchev–Trinajstić information content (AvgIpc) is 3.71. The summed E-state index contributed by atoms with van der Waals surface area (Å²) in [6.07, 6.45) is 0. The average molecular weight is 829 g/mol. The van der Waals surface area contributed by atoms with Crippen molar-refractivity contribution in [2.24, 2.45) is 0 Å². The van der Waals surface area contributed by atoms with Crippen molar-refractivity contribution in [1.82, 2.24) is 19.5 Å². The van der Waals surface area contributed by atoms with Crippen molar-refractivity contribution in [2.75, 3.05) is 0 Å². The molecule has 0 fully saturated rings. The van der Waals surface area contributed by atoms with Crippen molar-refractivity contribution in [2.45, 2.75) is 0 Å². The molecular formula is C59H36N6. The minimum Gasteiger partial charge on any atom is -0.308 e. The van der Waals surface area contributed by atoms with E-state index >= 15 is 0 Å². The van der Waals surface area contributed by atoms with Crippen molar-refractivity contribution in [3.8, 4) is 96.5 Å². The first-order valence-corrected chi connectivity index (χ1v) is 21.4. The third-order valence-electron chi connectivity index (χ3n) is 11.9. The fourth-order valence-corrected chi connectivity index (χ4v) is 8.73. The maximum absolute atomic E-state index is 10.1. The Bertz CT molecular complexity index is 3390. The van der Waals surface area contributed by atoms with Crippen LogP contribution >= 0.6 is 0 Å². The lowest BCUT2D eigenvalue weighted by Crippen LogP contribution is -2.04. The van der Waals surface area contributed by atoms with Crippen molar-refractivity contribution in [3.05, 3.63) is 230 Å². The first-order chi connectivity index (χ1) is 32.1. The maximum atomic E-state index is 10.1. The molecule has 0 amide bonds. The molecule has 0 saturated heterocycles. The molecule has 0 radical (unpaired) electrons. The van der Waals surface area contributed by atoms with Gasteiger partial charge in [0.2, 0.25) is 0 Å². The molecule has 0 atom stereocenters. The van der Waals surface area contributed by atoms with Crippen LogP contribution in [0.2, 0.25) is 0 Å². The maximum Gasteiger partial charge on any atom is 0.164 e. The molecule has 11 aromatic rings. The molecule has 0 aliphatic carbocycles. The molecule has 2 aromatic heterocycles. The number of rotatable bonds is 8. The molecule has 9 aromatic carbocycles. The number of benzene rings is 9. The molecule has 0 spiro atoms. The summed E-state index contributed by atoms with van der Waals surface area (Å²) in [5.41, 5.74) is 14.7. The summed E-state index contributed by atoms with van der Waals surface area (Å²) in [5.74, 6) is 1.68. The second kappa shape index (κ2) is 16.6. The largest absolute Gasteiger partial charge is 0.308 e. The number of nitrogens with zero attached hydrogens (tertiary/aromatic N) is 6. The Hall–Kier alpha value is -9.23. The van der Waals surface area contributed by atoms with Gasteiger partial charge in [-0.25, -0.2) is 15.0 Å². The van der Waals surface area contributed by atoms with Crippen LogP contribution in [0, 0.1) is 22.7 Å². The Kier molecular flexibility index (Phi) is 9.86. The number of fused-ring (bicyclic) bond motifs is 3. The molecule has 6 nitrogen and oxygen atoms in total. The van der Waals surface area contributed by atoms with E-state index in [1.165, 1.54) is 0 Å². The standard InChI is InChI=1S/C59H36N6/c60-37-39-21-31-54-52(33-39)53-34-40(38-61)22-32-55(53)65(54)56-50(45-27-23-43(24-28-45)41-13-5-1-6-14-41)35-49(36-51(56)46-29-25-44(26-30-46)42-15-7-2-8-16-42)59-63-57(47-17-9-3-10-18-47)62-58(64-59)48-19-11-4-12-20-48/h1-36H. The Morgan fingerprint density at radius 3 is 1.00 bits per heavy atom. The second-order valence-corrected chi connectivity index (χ2v) is 15.9. The summed E-state index contributed by atoms with van der Waals surface area (Å²) in [6.45, 7) is 0. The summed E-state index contributed by atoms with van der Waals surface area (Å²) in [7, 11) is 0. The molecule has 65 heavy (non-hydrogen) atoms. The highest BCUT2D eigenvalue weighted by Crippen LogP contribution is 2.45. The van der Waals surface area contributed by atoms with Crippen LogP contribution in [-0.4, -0.2) is 19.5 Å². The molecule has 0 saturated carbocycles. The number of hydrogen-bond donors (Lipinski definition) is 0. The fourth-order valence-electron chi connectivity index (χ4n) is 8.73. The van der Waals surface area contributed by atoms with E-state index in [1.54, 1.807) is 0 Å². The fraction of sp³-hybridized carbons (Fsp3) is 0. The lowest BCUT2D eigenvalue weighted by molar-refractivity contribution is 1.07. The van der Waals surface area contributed by atoms with E-state index in [2.05, 4.69) is 126 Å². The van der Waals surface area contributed by atoms with Crippen molar-refractivity contribution < 1.29 is 0 Å². The molecule has 302 valence electrons. The van der Waals surface area contributed by atoms with E-state index < -0.39 is 0 Å². The summed E-state index contributed by atoms with van der Waals surface area (Å²) in [5, 5.41) is 21.9. The molecule has 2 heterocycles. The van der Waals surface area contributed by atoms with E-state index in [1.807, 2.05) is 109 Å². The zero-order chi connectivity index (χ0) is 43.7. The third kappa shape index (κ3) is 7.28. The van der Waals surface area contributed by atoms with Crippen molar-refractivity contribution in [1.29, 1.82) is 10.5 Å². The molecule has 11 rings (SSSR count). The summed E-state index contributed by atoms with van der Waals surface area (Å²) in [6, 6.07) is 78.9. The highest BCUT2D eigenvalue weighted by molar-refractivity contribution is 6.11. The second-order valence-electron chi connectivity index (χ2n) is 15.9. The van der Waals surface area contributed by atoms with Gasteiger partial charge in [-0.1, -0.05) is 170 Å². The van der Waals surface area contributed by atoms with Gasteiger partial charge in [0.15, 0.2) is 17.5 Å². The van der Waals surface area contributed by atoms with Gasteiger partial charge in [0.05, 0.1) is 40.0 Å². The van der Waals surface area contributed by atoms with Crippen LogP contribution in [-0.2, 0) is 0 Å². The predicted octanol–water partition coefficient (Wildman–Crippen LogP) is 14.4. The van der Waals surface area contributed by atoms with Crippen LogP contribution in [0.3, 0.4) is 0 Å². The molecule has 6 heteroatoms. The highest BCUT2D eigenvalue weighted by Gasteiger charge is 2.24. The van der Waals surface area contributed by atoms with Crippen LogP contribution in [0.4, 0.5) is 0 Å². The third-order valence-corrected chi connectivity index (χ3v) is 11.9. The van der Waals surface area contributed by atoms with Crippen LogP contribution in [0.1, 0.15) is 11.1 Å². The minimum absolute atomic E-state index is 0.535. The number of aromatic nitrogens is 4. The smallest absolute Gasteiger partial charge is 0.164 e. The summed E-state index contributed by atoms with van der Waals surface area (Å²) in [4.78, 5) is 15.5. The van der Waals surface area contributed by atoms with Crippen molar-refractivity contribution in [3.63, 3.8) is 0 Å². The Balaban J connectivity index is 1.25. The van der Waals surface area contributed by atoms with Crippen molar-refractivity contribution >= 4 is 21.8 Å². The van der Waals surface area contributed by atoms with Gasteiger partial charge in [-0.2, -0.15) is 10.5 Å². The quantitative estimate of drug-likeness (QED) is 0.152. The van der Waals surface area contributed by atoms with Gasteiger partial charge in [-0.3, -0.25) is 0 Å². The van der Waals surface area contributed by atoms with Gasteiger partial charge < -0.3 is 4.57 Å². The number of nitriles is 2. The summed E-state index contributed by atoms with van der Waals surface area (Å²) >= 11 is 0. The number of hydrogen-bond acceptors (Lipinski definition) is 5. The lowest BCUT2D eigenvalue weighted by atomic mass is 9.91. The topological polar surface area (TPSA) is 91.2 Å². The van der Waals surface area contributed by atoms with Gasteiger partial charge >= 0.3 is 0 Å². The van der Waals surface area contributed by atoms with Gasteiger partial charge in [-0.05, 0) is 81.9 Å². The first kappa shape index (κ1) is 38.7. The molecule has 0 N–H and O–H groups in total. The zero-order valence-corrected chi connectivity index (χ0v) is 35.0. The van der Waals surface area contributed by atoms with Gasteiger partial charge in [0.1, 0.15) is 0 Å². The molecule has 0 unspecified atom stereocenters. The van der Waals surface area contributed by atoms with Crippen LogP contribution < -0.4 is 0 Å². The monoisotopic (exact) mass is 828 g/mol. The highest BCUT2D eigenvalue weighted by atomic mass is 15.0. The lowest BCUT2D eigenvalue weighted by Gasteiger charge is -2.21. The van der Waals surface area contributed by atoms with E-state index in [4.69, 9.17) is 15.0 Å². The first-order valence-electron chi connectivity index (χ1n) is 21.4. The van der Waals surface area contributed by atoms with Crippen LogP contribution in [0.25, 0.3) is 106 Å². The SMILES string of the molecule is N#Cc1ccc2c(c1)c1cc(C#N)ccc1n2-c1c(-c2ccc(-c3ccccc3)cc2)cc(-c2nc(-c3ccccc3)nc(-c3ccccc3)n2)cc1-c1ccc(-c2ccccc2)cc1. The van der Waals surface area contributed by atoms with Gasteiger partial charge in [0, 0.05) is 38.6 Å². The van der Waals surface area contributed by atoms with E-state index in [-0.39, 0.29) is 0 Å². The zero-order valence-electron chi connectivity index (χ0n) is 35.0. The Labute approximate surface area is 376 Å². The van der Waals surface area contributed by atoms with Gasteiger partial charge in [-0.15, -0.1) is 0 Å². The molecule has 0 aliphatic heterocycles. The molecule has 0 bridgehead atoms. The minimum atomic E-state index is 0.535. The summed E-state index contributed by atoms with van der Waals surface area (Å²) < 4.78 is 2.29. The Morgan fingerprint density at radius 2 is 0.631 bits per heavy atom. The van der Waals surface area contributed by atoms with Crippen LogP contribution in [0.5, 0.6) is 0 Å². The predicted molar refractivity (Wildman–Crippen MR) is 262 cm³/mol. The van der Waals surface area contributed by atoms with E-state index in [0.29, 0.717) is 28.6 Å². The molecular weight excluding hydrogens is 793 g/mol. The van der Waals surface area contributed by atoms with E-state index in [0.717, 1.165) is 88.7 Å². The Morgan fingerprint density at radius 1 is 0.308 bits per heavy atom. The molecule has 0 aliphatic rings.